The maximum Gasteiger partial charge on any atom is 0.328 e. The highest BCUT2D eigenvalue weighted by molar-refractivity contribution is 6.32. The van der Waals surface area contributed by atoms with Crippen molar-refractivity contribution in [1.29, 1.82) is 0 Å². The summed E-state index contributed by atoms with van der Waals surface area (Å²) in [5.74, 6) is -1.43. The normalized spacial score (nSPS) is 28.2. The molecule has 3 aliphatic rings. The summed E-state index contributed by atoms with van der Waals surface area (Å²) in [5, 5.41) is 9.36. The van der Waals surface area contributed by atoms with Crippen molar-refractivity contribution in [2.75, 3.05) is 7.11 Å². The second-order valence-electron chi connectivity index (χ2n) is 15.4. The molecule has 5 N–H and O–H groups in total. The Labute approximate surface area is 311 Å². The van der Waals surface area contributed by atoms with Crippen molar-refractivity contribution in [3.63, 3.8) is 0 Å². The number of benzene rings is 2. The molecule has 11 nitrogen and oxygen atoms in total. The van der Waals surface area contributed by atoms with E-state index < -0.39 is 47.4 Å². The second kappa shape index (κ2) is 16.8. The van der Waals surface area contributed by atoms with E-state index in [1.54, 1.807) is 38.1 Å². The van der Waals surface area contributed by atoms with Crippen LogP contribution in [0.2, 0.25) is 5.02 Å². The molecule has 1 aliphatic carbocycles. The number of rotatable bonds is 10. The number of nitrogens with one attached hydrogen (secondary N) is 3. The lowest BCUT2D eigenvalue weighted by molar-refractivity contribution is -0.157. The van der Waals surface area contributed by atoms with Crippen LogP contribution in [0.3, 0.4) is 0 Å². The zero-order chi connectivity index (χ0) is 37.7. The number of halogens is 1. The van der Waals surface area contributed by atoms with E-state index >= 15 is 0 Å². The highest BCUT2D eigenvalue weighted by atomic mass is 35.5. The molecule has 0 bridgehead atoms. The second-order valence-corrected chi connectivity index (χ2v) is 15.8. The van der Waals surface area contributed by atoms with Crippen LogP contribution in [0, 0.1) is 23.2 Å². The Morgan fingerprint density at radius 2 is 1.65 bits per heavy atom. The molecule has 7 atom stereocenters. The first-order valence-electron chi connectivity index (χ1n) is 18.3. The van der Waals surface area contributed by atoms with Crippen molar-refractivity contribution in [3.05, 3.63) is 76.3 Å². The molecule has 12 heteroatoms. The van der Waals surface area contributed by atoms with E-state index in [1.807, 2.05) is 45.0 Å². The number of cyclic esters (lactones) is 1. The number of hydrogen-bond donors (Lipinski definition) is 4. The van der Waals surface area contributed by atoms with E-state index in [0.29, 0.717) is 23.7 Å². The van der Waals surface area contributed by atoms with Gasteiger partial charge in [-0.05, 0) is 79.8 Å². The Hall–Kier alpha value is -3.93. The summed E-state index contributed by atoms with van der Waals surface area (Å²) in [6.07, 6.45) is 4.36. The van der Waals surface area contributed by atoms with Crippen molar-refractivity contribution in [1.82, 2.24) is 16.0 Å². The van der Waals surface area contributed by atoms with Gasteiger partial charge in [0.25, 0.3) is 0 Å². The minimum atomic E-state index is -1.09. The average molecular weight is 737 g/mol. The quantitative estimate of drug-likeness (QED) is 0.197. The zero-order valence-corrected chi connectivity index (χ0v) is 31.7. The fourth-order valence-corrected chi connectivity index (χ4v) is 7.28. The molecule has 3 amide bonds. The van der Waals surface area contributed by atoms with E-state index in [0.717, 1.165) is 29.5 Å². The summed E-state index contributed by atoms with van der Waals surface area (Å²) in [4.78, 5) is 55.5. The van der Waals surface area contributed by atoms with Gasteiger partial charge in [-0.15, -0.1) is 0 Å². The van der Waals surface area contributed by atoms with Crippen LogP contribution in [0.15, 0.2) is 54.6 Å². The molecule has 2 aromatic rings. The standard InChI is InChI=1S/C40H53ClN4O7/c1-22(2)18-30-38(48)51-31(23(3)34-35(52-34)26-13-10-24(21-42)11-14-26)8-7-9-33(46)43-29(20-25-12-17-32(50-6)28(41)19-25)37(47)45-36(27-15-16-27)40(4,5)39(49)44-30/h7,9-14,17,19,22-23,27,29-31,34-36H,8,15-16,18,20-21,42H2,1-6H3,(H,43,46)(H,44,49)(H,45,47)/b9-7+/t23-,29+,30-,31-,34?,35?,36?/m0/s1. The summed E-state index contributed by atoms with van der Waals surface area (Å²) in [6.45, 7) is 9.92. The SMILES string of the molecule is COc1ccc(C[C@H]2NC(=O)/C=C/C[C@@H]([C@H](C)C3OC3c3ccc(CN)cc3)OC(=O)[C@H](CC(C)C)NC(=O)C(C)(C)C(C3CC3)NC2=O)cc1Cl. The lowest BCUT2D eigenvalue weighted by Crippen LogP contribution is -2.59. The molecule has 2 aromatic carbocycles. The van der Waals surface area contributed by atoms with Crippen LogP contribution in [-0.2, 0) is 41.6 Å². The smallest absolute Gasteiger partial charge is 0.328 e. The third-order valence-electron chi connectivity index (χ3n) is 10.4. The van der Waals surface area contributed by atoms with Crippen molar-refractivity contribution < 1.29 is 33.4 Å². The van der Waals surface area contributed by atoms with Gasteiger partial charge in [0.2, 0.25) is 17.7 Å². The van der Waals surface area contributed by atoms with Gasteiger partial charge in [0.15, 0.2) is 0 Å². The molecule has 1 saturated heterocycles. The topological polar surface area (TPSA) is 161 Å². The maximum atomic E-state index is 14.1. The van der Waals surface area contributed by atoms with Gasteiger partial charge in [-0.1, -0.05) is 68.8 Å². The molecule has 0 aromatic heterocycles. The molecule has 0 radical (unpaired) electrons. The Bertz CT molecular complexity index is 1640. The summed E-state index contributed by atoms with van der Waals surface area (Å²) in [7, 11) is 1.52. The Morgan fingerprint density at radius 1 is 0.962 bits per heavy atom. The molecular formula is C40H53ClN4O7. The van der Waals surface area contributed by atoms with E-state index in [1.165, 1.54) is 13.2 Å². The summed E-state index contributed by atoms with van der Waals surface area (Å²) < 4.78 is 17.6. The van der Waals surface area contributed by atoms with E-state index in [-0.39, 0.29) is 48.7 Å². The average Bonchev–Trinajstić information content (AvgIpc) is 4.04. The number of nitrogens with two attached hydrogens (primary N) is 1. The van der Waals surface area contributed by atoms with Gasteiger partial charge in [0, 0.05) is 31.3 Å². The molecule has 2 heterocycles. The van der Waals surface area contributed by atoms with Crippen LogP contribution < -0.4 is 26.4 Å². The van der Waals surface area contributed by atoms with E-state index in [2.05, 4.69) is 16.0 Å². The number of esters is 1. The van der Waals surface area contributed by atoms with Gasteiger partial charge in [0.1, 0.15) is 30.0 Å². The minimum Gasteiger partial charge on any atom is -0.495 e. The van der Waals surface area contributed by atoms with Gasteiger partial charge in [0.05, 0.1) is 23.7 Å². The van der Waals surface area contributed by atoms with Crippen molar-refractivity contribution in [2.45, 2.75) is 110 Å². The monoisotopic (exact) mass is 736 g/mol. The molecule has 52 heavy (non-hydrogen) atoms. The number of ether oxygens (including phenoxy) is 3. The minimum absolute atomic E-state index is 0.0639. The fourth-order valence-electron chi connectivity index (χ4n) is 7.00. The zero-order valence-electron chi connectivity index (χ0n) is 30.9. The van der Waals surface area contributed by atoms with Crippen LogP contribution in [0.4, 0.5) is 0 Å². The van der Waals surface area contributed by atoms with Crippen LogP contribution in [0.1, 0.15) is 83.1 Å². The number of epoxide rings is 1. The largest absolute Gasteiger partial charge is 0.495 e. The number of hydrogen-bond acceptors (Lipinski definition) is 8. The van der Waals surface area contributed by atoms with Crippen molar-refractivity contribution in [2.24, 2.45) is 28.9 Å². The number of amides is 3. The molecule has 3 unspecified atom stereocenters. The number of methoxy groups -OCH3 is 1. The first-order valence-corrected chi connectivity index (χ1v) is 18.6. The maximum absolute atomic E-state index is 14.1. The fraction of sp³-hybridized carbons (Fsp3) is 0.550. The van der Waals surface area contributed by atoms with Crippen LogP contribution in [0.5, 0.6) is 5.75 Å². The van der Waals surface area contributed by atoms with Gasteiger partial charge >= 0.3 is 5.97 Å². The first kappa shape index (κ1) is 39.3. The highest BCUT2D eigenvalue weighted by Crippen LogP contribution is 2.45. The third kappa shape index (κ3) is 9.73. The van der Waals surface area contributed by atoms with Crippen molar-refractivity contribution >= 4 is 35.3 Å². The van der Waals surface area contributed by atoms with Gasteiger partial charge in [-0.25, -0.2) is 4.79 Å². The molecule has 0 spiro atoms. The Balaban J connectivity index is 1.44. The number of carbonyl (C=O) groups is 4. The Kier molecular flexibility index (Phi) is 12.7. The number of carbonyl (C=O) groups excluding carboxylic acids is 4. The van der Waals surface area contributed by atoms with E-state index in [9.17, 15) is 19.2 Å². The molecule has 5 rings (SSSR count). The molecule has 2 fully saturated rings. The predicted octanol–water partition coefficient (Wildman–Crippen LogP) is 4.93. The molecular weight excluding hydrogens is 684 g/mol. The van der Waals surface area contributed by atoms with Crippen LogP contribution in [-0.4, -0.2) is 61.1 Å². The third-order valence-corrected chi connectivity index (χ3v) is 10.7. The lowest BCUT2D eigenvalue weighted by atomic mass is 9.80. The summed E-state index contributed by atoms with van der Waals surface area (Å²) in [6, 6.07) is 10.7. The van der Waals surface area contributed by atoms with Gasteiger partial charge < -0.3 is 35.9 Å². The summed E-state index contributed by atoms with van der Waals surface area (Å²) in [5.41, 5.74) is 7.42. The Morgan fingerprint density at radius 3 is 2.27 bits per heavy atom. The predicted molar refractivity (Wildman–Crippen MR) is 198 cm³/mol. The molecule has 2 aliphatic heterocycles. The van der Waals surface area contributed by atoms with Gasteiger partial charge in [-0.3, -0.25) is 14.4 Å². The van der Waals surface area contributed by atoms with Crippen molar-refractivity contribution in [3.8, 4) is 5.75 Å². The molecule has 282 valence electrons. The van der Waals surface area contributed by atoms with Gasteiger partial charge in [-0.2, -0.15) is 0 Å². The van der Waals surface area contributed by atoms with Crippen LogP contribution >= 0.6 is 11.6 Å². The molecule has 1 saturated carbocycles. The summed E-state index contributed by atoms with van der Waals surface area (Å²) >= 11 is 6.40. The first-order chi connectivity index (χ1) is 24.7. The van der Waals surface area contributed by atoms with Crippen LogP contribution in [0.25, 0.3) is 0 Å². The lowest BCUT2D eigenvalue weighted by Gasteiger charge is -2.36. The highest BCUT2D eigenvalue weighted by Gasteiger charge is 2.49. The van der Waals surface area contributed by atoms with E-state index in [4.69, 9.17) is 31.5 Å².